The van der Waals surface area contributed by atoms with Crippen LogP contribution in [0.15, 0.2) is 24.3 Å². The zero-order valence-corrected chi connectivity index (χ0v) is 11.4. The van der Waals surface area contributed by atoms with E-state index in [2.05, 4.69) is 31.2 Å². The fourth-order valence-corrected chi connectivity index (χ4v) is 1.96. The number of benzene rings is 1. The molecule has 0 amide bonds. The molecule has 0 aliphatic rings. The van der Waals surface area contributed by atoms with Crippen LogP contribution < -0.4 is 10.1 Å². The van der Waals surface area contributed by atoms with Crippen LogP contribution in [0.3, 0.4) is 0 Å². The topological polar surface area (TPSA) is 21.3 Å². The van der Waals surface area contributed by atoms with Crippen LogP contribution in [0.2, 0.25) is 0 Å². The number of rotatable bonds is 8. The maximum atomic E-state index is 5.54. The molecular formula is C16H23NO. The van der Waals surface area contributed by atoms with Crippen molar-refractivity contribution >= 4 is 0 Å². The van der Waals surface area contributed by atoms with Gasteiger partial charge in [-0.05, 0) is 18.9 Å². The molecule has 0 fully saturated rings. The fraction of sp³-hybridized carbons (Fsp3) is 0.500. The molecule has 0 saturated heterocycles. The van der Waals surface area contributed by atoms with Gasteiger partial charge in [-0.2, -0.15) is 0 Å². The molecule has 0 bridgehead atoms. The third-order valence-electron chi connectivity index (χ3n) is 2.99. The van der Waals surface area contributed by atoms with E-state index in [4.69, 9.17) is 11.2 Å². The molecule has 2 nitrogen and oxygen atoms in total. The number of ether oxygens (including phenoxy) is 1. The van der Waals surface area contributed by atoms with Crippen molar-refractivity contribution in [2.24, 2.45) is 0 Å². The Labute approximate surface area is 111 Å². The maximum absolute atomic E-state index is 5.54. The quantitative estimate of drug-likeness (QED) is 0.709. The minimum atomic E-state index is 0.323. The van der Waals surface area contributed by atoms with Gasteiger partial charge in [0.25, 0.3) is 0 Å². The number of terminal acetylenes is 1. The minimum absolute atomic E-state index is 0.323. The van der Waals surface area contributed by atoms with Gasteiger partial charge in [0.05, 0.1) is 0 Å². The summed E-state index contributed by atoms with van der Waals surface area (Å²) in [7, 11) is 0. The van der Waals surface area contributed by atoms with E-state index in [-0.39, 0.29) is 0 Å². The first kappa shape index (κ1) is 14.6. The molecular weight excluding hydrogens is 222 g/mol. The molecule has 18 heavy (non-hydrogen) atoms. The van der Waals surface area contributed by atoms with E-state index in [1.54, 1.807) is 0 Å². The Bertz CT molecular complexity index is 381. The van der Waals surface area contributed by atoms with Crippen LogP contribution in [-0.4, -0.2) is 12.6 Å². The van der Waals surface area contributed by atoms with Crippen LogP contribution in [0.25, 0.3) is 0 Å². The molecule has 1 unspecified atom stereocenters. The molecule has 1 aromatic rings. The van der Waals surface area contributed by atoms with Crippen molar-refractivity contribution < 1.29 is 4.74 Å². The van der Waals surface area contributed by atoms with Gasteiger partial charge in [0.2, 0.25) is 0 Å². The number of para-hydroxylation sites is 1. The third-order valence-corrected chi connectivity index (χ3v) is 2.99. The highest BCUT2D eigenvalue weighted by Gasteiger charge is 2.07. The van der Waals surface area contributed by atoms with E-state index < -0.39 is 0 Å². The van der Waals surface area contributed by atoms with Gasteiger partial charge in [-0.3, -0.25) is 0 Å². The van der Waals surface area contributed by atoms with E-state index in [9.17, 15) is 0 Å². The highest BCUT2D eigenvalue weighted by Crippen LogP contribution is 2.18. The summed E-state index contributed by atoms with van der Waals surface area (Å²) in [4.78, 5) is 0. The Morgan fingerprint density at radius 2 is 2.11 bits per heavy atom. The zero-order chi connectivity index (χ0) is 13.2. The van der Waals surface area contributed by atoms with Crippen molar-refractivity contribution in [3.05, 3.63) is 29.8 Å². The molecule has 0 radical (unpaired) electrons. The van der Waals surface area contributed by atoms with E-state index in [0.717, 1.165) is 18.7 Å². The smallest absolute Gasteiger partial charge is 0.148 e. The van der Waals surface area contributed by atoms with Crippen LogP contribution in [0, 0.1) is 12.3 Å². The second kappa shape index (κ2) is 8.60. The number of hydrogen-bond donors (Lipinski definition) is 1. The van der Waals surface area contributed by atoms with Crippen LogP contribution >= 0.6 is 0 Å². The van der Waals surface area contributed by atoms with Crippen molar-refractivity contribution in [1.29, 1.82) is 0 Å². The minimum Gasteiger partial charge on any atom is -0.481 e. The molecule has 0 aromatic heterocycles. The Kier molecular flexibility index (Phi) is 6.98. The van der Waals surface area contributed by atoms with Crippen molar-refractivity contribution in [2.45, 2.75) is 45.7 Å². The third kappa shape index (κ3) is 4.81. The Morgan fingerprint density at radius 1 is 1.33 bits per heavy atom. The molecule has 1 atom stereocenters. The average Bonchev–Trinajstić information content (AvgIpc) is 2.42. The van der Waals surface area contributed by atoms with Gasteiger partial charge in [-0.15, -0.1) is 6.42 Å². The first-order valence-corrected chi connectivity index (χ1v) is 6.69. The Morgan fingerprint density at radius 3 is 2.78 bits per heavy atom. The molecule has 1 N–H and O–H groups in total. The monoisotopic (exact) mass is 245 g/mol. The maximum Gasteiger partial charge on any atom is 0.148 e. The van der Waals surface area contributed by atoms with Gasteiger partial charge >= 0.3 is 0 Å². The molecule has 0 heterocycles. The highest BCUT2D eigenvalue weighted by molar-refractivity contribution is 5.33. The van der Waals surface area contributed by atoms with Gasteiger partial charge in [0.1, 0.15) is 12.4 Å². The zero-order valence-electron chi connectivity index (χ0n) is 11.4. The van der Waals surface area contributed by atoms with Gasteiger partial charge in [-0.25, -0.2) is 0 Å². The van der Waals surface area contributed by atoms with Gasteiger partial charge in [0.15, 0.2) is 0 Å². The summed E-state index contributed by atoms with van der Waals surface area (Å²) in [6, 6.07) is 8.63. The summed E-state index contributed by atoms with van der Waals surface area (Å²) in [5, 5.41) is 3.57. The van der Waals surface area contributed by atoms with Crippen LogP contribution in [0.5, 0.6) is 5.75 Å². The predicted octanol–water partition coefficient (Wildman–Crippen LogP) is 3.37. The molecule has 0 spiro atoms. The Hall–Kier alpha value is -1.46. The molecule has 0 saturated carbocycles. The average molecular weight is 245 g/mol. The second-order valence-electron chi connectivity index (χ2n) is 4.38. The summed E-state index contributed by atoms with van der Waals surface area (Å²) in [5.74, 6) is 3.38. The second-order valence-corrected chi connectivity index (χ2v) is 4.38. The van der Waals surface area contributed by atoms with Crippen molar-refractivity contribution in [3.63, 3.8) is 0 Å². The van der Waals surface area contributed by atoms with Crippen LogP contribution in [0.1, 0.15) is 38.7 Å². The summed E-state index contributed by atoms with van der Waals surface area (Å²) >= 11 is 0. The lowest BCUT2D eigenvalue weighted by Crippen LogP contribution is -2.27. The summed E-state index contributed by atoms with van der Waals surface area (Å²) in [6.45, 7) is 5.59. The predicted molar refractivity (Wildman–Crippen MR) is 76.6 cm³/mol. The van der Waals surface area contributed by atoms with Crippen molar-refractivity contribution in [3.8, 4) is 18.1 Å². The lowest BCUT2D eigenvalue weighted by atomic mass is 10.1. The number of nitrogens with one attached hydrogen (secondary N) is 1. The number of hydrogen-bond acceptors (Lipinski definition) is 2. The van der Waals surface area contributed by atoms with E-state index in [1.807, 2.05) is 18.2 Å². The lowest BCUT2D eigenvalue weighted by Gasteiger charge is -2.17. The highest BCUT2D eigenvalue weighted by atomic mass is 16.5. The lowest BCUT2D eigenvalue weighted by molar-refractivity contribution is 0.362. The molecule has 1 aromatic carbocycles. The molecule has 98 valence electrons. The standard InChI is InChI=1S/C16H23NO/c1-4-9-15(6-3)17-13-14-10-7-8-11-16(14)18-12-5-2/h2,7-8,10-11,15,17H,4,6,9,12-13H2,1,3H3. The van der Waals surface area contributed by atoms with Crippen molar-refractivity contribution in [1.82, 2.24) is 5.32 Å². The SMILES string of the molecule is C#CCOc1ccccc1CNC(CC)CCC. The largest absolute Gasteiger partial charge is 0.481 e. The first-order chi connectivity index (χ1) is 8.81. The summed E-state index contributed by atoms with van der Waals surface area (Å²) < 4.78 is 5.54. The van der Waals surface area contributed by atoms with Gasteiger partial charge in [-0.1, -0.05) is 44.4 Å². The molecule has 2 heteroatoms. The fourth-order valence-electron chi connectivity index (χ4n) is 1.96. The molecule has 0 aliphatic heterocycles. The normalized spacial score (nSPS) is 11.8. The first-order valence-electron chi connectivity index (χ1n) is 6.69. The van der Waals surface area contributed by atoms with Gasteiger partial charge in [0, 0.05) is 18.2 Å². The van der Waals surface area contributed by atoms with E-state index in [0.29, 0.717) is 12.6 Å². The summed E-state index contributed by atoms with van der Waals surface area (Å²) in [6.07, 6.45) is 8.79. The van der Waals surface area contributed by atoms with Gasteiger partial charge < -0.3 is 10.1 Å². The molecule has 1 rings (SSSR count). The van der Waals surface area contributed by atoms with E-state index >= 15 is 0 Å². The molecule has 0 aliphatic carbocycles. The van der Waals surface area contributed by atoms with E-state index in [1.165, 1.54) is 18.4 Å². The van der Waals surface area contributed by atoms with Crippen LogP contribution in [0.4, 0.5) is 0 Å². The Balaban J connectivity index is 2.57. The summed E-state index contributed by atoms with van der Waals surface area (Å²) in [5.41, 5.74) is 1.17. The van der Waals surface area contributed by atoms with Crippen LogP contribution in [-0.2, 0) is 6.54 Å². The van der Waals surface area contributed by atoms with Crippen molar-refractivity contribution in [2.75, 3.05) is 6.61 Å².